The number of carbonyl (C=O) groups is 1. The average Bonchev–Trinajstić information content (AvgIpc) is 2.61. The number of rotatable bonds is 2. The maximum atomic E-state index is 10.8. The highest BCUT2D eigenvalue weighted by Crippen LogP contribution is 2.25. The maximum absolute atomic E-state index is 10.8. The fraction of sp³-hybridized carbons (Fsp3) is 0.100. The Morgan fingerprint density at radius 3 is 2.76 bits per heavy atom. The first-order valence-corrected chi connectivity index (χ1v) is 5.78. The summed E-state index contributed by atoms with van der Waals surface area (Å²) >= 11 is 9.17. The Hall–Kier alpha value is -1.40. The third-order valence-corrected chi connectivity index (χ3v) is 2.97. The number of aryl methyl sites for hydroxylation is 1. The predicted octanol–water partition coefficient (Wildman–Crippen LogP) is 2.69. The monoisotopic (exact) mass is 315 g/mol. The molecule has 0 aliphatic rings. The Morgan fingerprint density at radius 2 is 2.24 bits per heavy atom. The zero-order valence-corrected chi connectivity index (χ0v) is 11.0. The van der Waals surface area contributed by atoms with E-state index in [-0.39, 0.29) is 5.82 Å². The third-order valence-electron chi connectivity index (χ3n) is 2.10. The molecule has 0 spiro atoms. The topological polar surface area (TPSA) is 68.0 Å². The molecule has 0 unspecified atom stereocenters. The smallest absolute Gasteiger partial charge is 0.375 e. The number of hydrogen-bond acceptors (Lipinski definition) is 3. The summed E-state index contributed by atoms with van der Waals surface area (Å²) in [5.41, 5.74) is 0.687. The normalized spacial score (nSPS) is 10.5. The van der Waals surface area contributed by atoms with Gasteiger partial charge in [-0.2, -0.15) is 0 Å². The second kappa shape index (κ2) is 4.46. The molecular formula is C10H7BrClN3O2. The fourth-order valence-corrected chi connectivity index (χ4v) is 2.21. The lowest BCUT2D eigenvalue weighted by atomic mass is 10.3. The van der Waals surface area contributed by atoms with Crippen molar-refractivity contribution >= 4 is 33.5 Å². The molecule has 88 valence electrons. The molecule has 0 aliphatic carbocycles. The lowest BCUT2D eigenvalue weighted by Crippen LogP contribution is -2.03. The van der Waals surface area contributed by atoms with Crippen LogP contribution in [-0.4, -0.2) is 25.8 Å². The van der Waals surface area contributed by atoms with Crippen molar-refractivity contribution in [3.05, 3.63) is 39.3 Å². The number of nitrogens with zero attached hydrogens (tertiary/aromatic N) is 3. The zero-order valence-electron chi connectivity index (χ0n) is 8.69. The predicted molar refractivity (Wildman–Crippen MR) is 65.8 cm³/mol. The molecule has 5 nitrogen and oxygen atoms in total. The lowest BCUT2D eigenvalue weighted by Gasteiger charge is -2.05. The van der Waals surface area contributed by atoms with Gasteiger partial charge in [0.1, 0.15) is 5.82 Å². The van der Waals surface area contributed by atoms with Gasteiger partial charge in [0.25, 0.3) is 5.82 Å². The van der Waals surface area contributed by atoms with Gasteiger partial charge in [0.2, 0.25) is 0 Å². The Labute approximate surface area is 110 Å². The van der Waals surface area contributed by atoms with Crippen LogP contribution in [0.2, 0.25) is 5.02 Å². The van der Waals surface area contributed by atoms with Gasteiger partial charge in [-0.1, -0.05) is 11.6 Å². The van der Waals surface area contributed by atoms with E-state index in [4.69, 9.17) is 16.7 Å². The number of hydrogen-bond donors (Lipinski definition) is 1. The molecule has 0 saturated carbocycles. The minimum atomic E-state index is -1.16. The van der Waals surface area contributed by atoms with E-state index >= 15 is 0 Å². The number of carboxylic acid groups (broad SMARTS) is 1. The molecule has 7 heteroatoms. The average molecular weight is 317 g/mol. The Bertz CT molecular complexity index is 597. The lowest BCUT2D eigenvalue weighted by molar-refractivity contribution is 0.0683. The van der Waals surface area contributed by atoms with Gasteiger partial charge in [0, 0.05) is 9.50 Å². The van der Waals surface area contributed by atoms with Crippen molar-refractivity contribution in [2.24, 2.45) is 0 Å². The SMILES string of the molecule is Cc1nc(C(=O)O)nn1-c1ccc(Cl)cc1Br. The van der Waals surface area contributed by atoms with E-state index in [1.54, 1.807) is 25.1 Å². The zero-order chi connectivity index (χ0) is 12.6. The molecule has 1 heterocycles. The Kier molecular flexibility index (Phi) is 3.17. The molecule has 1 aromatic heterocycles. The summed E-state index contributed by atoms with van der Waals surface area (Å²) in [6, 6.07) is 5.14. The second-order valence-corrected chi connectivity index (χ2v) is 4.59. The molecular weight excluding hydrogens is 309 g/mol. The van der Waals surface area contributed by atoms with Gasteiger partial charge in [-0.25, -0.2) is 14.5 Å². The first-order valence-electron chi connectivity index (χ1n) is 4.61. The molecule has 0 aliphatic heterocycles. The van der Waals surface area contributed by atoms with Crippen molar-refractivity contribution in [1.29, 1.82) is 0 Å². The quantitative estimate of drug-likeness (QED) is 0.925. The Morgan fingerprint density at radius 1 is 1.53 bits per heavy atom. The van der Waals surface area contributed by atoms with Gasteiger partial charge < -0.3 is 5.11 Å². The molecule has 0 atom stereocenters. The van der Waals surface area contributed by atoms with Crippen LogP contribution in [0, 0.1) is 6.92 Å². The van der Waals surface area contributed by atoms with E-state index in [0.29, 0.717) is 16.5 Å². The molecule has 1 aromatic carbocycles. The van der Waals surface area contributed by atoms with Gasteiger partial charge in [-0.3, -0.25) is 0 Å². The van der Waals surface area contributed by atoms with Crippen LogP contribution in [0.5, 0.6) is 0 Å². The van der Waals surface area contributed by atoms with E-state index in [1.165, 1.54) is 4.68 Å². The van der Waals surface area contributed by atoms with Crippen molar-refractivity contribution in [3.63, 3.8) is 0 Å². The number of carboxylic acids is 1. The summed E-state index contributed by atoms with van der Waals surface area (Å²) in [6.45, 7) is 1.68. The highest BCUT2D eigenvalue weighted by Gasteiger charge is 2.15. The van der Waals surface area contributed by atoms with Crippen molar-refractivity contribution < 1.29 is 9.90 Å². The van der Waals surface area contributed by atoms with Crippen LogP contribution in [-0.2, 0) is 0 Å². The van der Waals surface area contributed by atoms with E-state index < -0.39 is 5.97 Å². The minimum absolute atomic E-state index is 0.232. The molecule has 2 aromatic rings. The van der Waals surface area contributed by atoms with Crippen LogP contribution in [0.4, 0.5) is 0 Å². The largest absolute Gasteiger partial charge is 0.475 e. The van der Waals surface area contributed by atoms with E-state index in [2.05, 4.69) is 26.0 Å². The number of benzene rings is 1. The van der Waals surface area contributed by atoms with Crippen LogP contribution < -0.4 is 0 Å². The van der Waals surface area contributed by atoms with Crippen LogP contribution in [0.3, 0.4) is 0 Å². The van der Waals surface area contributed by atoms with Crippen molar-refractivity contribution in [3.8, 4) is 5.69 Å². The molecule has 0 saturated heterocycles. The molecule has 0 radical (unpaired) electrons. The molecule has 0 fully saturated rings. The van der Waals surface area contributed by atoms with Crippen LogP contribution >= 0.6 is 27.5 Å². The van der Waals surface area contributed by atoms with Gasteiger partial charge in [0.15, 0.2) is 0 Å². The van der Waals surface area contributed by atoms with Crippen molar-refractivity contribution in [2.75, 3.05) is 0 Å². The highest BCUT2D eigenvalue weighted by atomic mass is 79.9. The number of halogens is 2. The molecule has 2 rings (SSSR count). The maximum Gasteiger partial charge on any atom is 0.375 e. The van der Waals surface area contributed by atoms with Crippen LogP contribution in [0.25, 0.3) is 5.69 Å². The van der Waals surface area contributed by atoms with Gasteiger partial charge >= 0.3 is 5.97 Å². The van der Waals surface area contributed by atoms with Gasteiger partial charge in [-0.05, 0) is 41.1 Å². The van der Waals surface area contributed by atoms with Crippen LogP contribution in [0.1, 0.15) is 16.4 Å². The fourth-order valence-electron chi connectivity index (χ4n) is 1.36. The summed E-state index contributed by atoms with van der Waals surface area (Å²) in [5, 5.41) is 13.3. The highest BCUT2D eigenvalue weighted by molar-refractivity contribution is 9.10. The summed E-state index contributed by atoms with van der Waals surface area (Å²) in [4.78, 5) is 14.6. The molecule has 17 heavy (non-hydrogen) atoms. The third kappa shape index (κ3) is 2.32. The first kappa shape index (κ1) is 12.1. The van der Waals surface area contributed by atoms with Crippen molar-refractivity contribution in [2.45, 2.75) is 6.92 Å². The standard InChI is InChI=1S/C10H7BrClN3O2/c1-5-13-9(10(16)17)14-15(5)8-3-2-6(12)4-7(8)11/h2-4H,1H3,(H,16,17). The summed E-state index contributed by atoms with van der Waals surface area (Å²) in [6.07, 6.45) is 0. The van der Waals surface area contributed by atoms with E-state index in [1.807, 2.05) is 0 Å². The molecule has 0 amide bonds. The van der Waals surface area contributed by atoms with Crippen LogP contribution in [0.15, 0.2) is 22.7 Å². The van der Waals surface area contributed by atoms with E-state index in [0.717, 1.165) is 4.47 Å². The Balaban J connectivity index is 2.56. The molecule has 0 bridgehead atoms. The minimum Gasteiger partial charge on any atom is -0.475 e. The molecule has 1 N–H and O–H groups in total. The van der Waals surface area contributed by atoms with Crippen molar-refractivity contribution in [1.82, 2.24) is 14.8 Å². The summed E-state index contributed by atoms with van der Waals surface area (Å²) < 4.78 is 2.17. The van der Waals surface area contributed by atoms with Gasteiger partial charge in [-0.15, -0.1) is 5.10 Å². The number of aromatic nitrogens is 3. The second-order valence-electron chi connectivity index (χ2n) is 3.30. The van der Waals surface area contributed by atoms with E-state index in [9.17, 15) is 4.79 Å². The van der Waals surface area contributed by atoms with Gasteiger partial charge in [0.05, 0.1) is 5.69 Å². The summed E-state index contributed by atoms with van der Waals surface area (Å²) in [5.74, 6) is -0.897. The number of aromatic carboxylic acids is 1. The first-order chi connectivity index (χ1) is 7.99. The summed E-state index contributed by atoms with van der Waals surface area (Å²) in [7, 11) is 0.